The number of benzene rings is 1. The number of hydrogen-bond donors (Lipinski definition) is 2. The number of carbonyl (C=O) groups excluding carboxylic acids is 2. The van der Waals surface area contributed by atoms with E-state index in [1.807, 2.05) is 30.0 Å². The standard InChI is InChI=1S/C25H29BN4O2/c1-16-22(15-19-18-14-17(26)7-8-20(18)28-24(19)31)27-21-6-5-11-30(25(32)23(16)21)13-12-29-9-3-2-4-10-29/h7-8,14-15,27H,2-6,9-13H2,1H3,(H,28,31)/b19-15-. The molecule has 2 N–H and O–H groups in total. The summed E-state index contributed by atoms with van der Waals surface area (Å²) in [6.07, 6.45) is 7.47. The van der Waals surface area contributed by atoms with Gasteiger partial charge in [0.25, 0.3) is 11.8 Å². The molecule has 32 heavy (non-hydrogen) atoms. The summed E-state index contributed by atoms with van der Waals surface area (Å²) in [5, 5.41) is 2.89. The van der Waals surface area contributed by atoms with Gasteiger partial charge >= 0.3 is 0 Å². The minimum absolute atomic E-state index is 0.105. The molecule has 2 aromatic rings. The number of nitrogens with zero attached hydrogens (tertiary/aromatic N) is 2. The lowest BCUT2D eigenvalue weighted by atomic mass is 9.92. The van der Waals surface area contributed by atoms with Gasteiger partial charge in [0.1, 0.15) is 7.85 Å². The van der Waals surface area contributed by atoms with Gasteiger partial charge in [-0.1, -0.05) is 24.0 Å². The highest BCUT2D eigenvalue weighted by molar-refractivity contribution is 6.37. The monoisotopic (exact) mass is 428 g/mol. The van der Waals surface area contributed by atoms with Crippen molar-refractivity contribution in [1.82, 2.24) is 14.8 Å². The Morgan fingerprint density at radius 1 is 1.06 bits per heavy atom. The van der Waals surface area contributed by atoms with Crippen LogP contribution in [-0.2, 0) is 11.2 Å². The number of aromatic amines is 1. The zero-order valence-corrected chi connectivity index (χ0v) is 18.7. The normalized spacial score (nSPS) is 20.3. The number of hydrogen-bond acceptors (Lipinski definition) is 3. The van der Waals surface area contributed by atoms with Gasteiger partial charge in [-0.05, 0) is 63.4 Å². The van der Waals surface area contributed by atoms with Crippen LogP contribution in [0.4, 0.5) is 5.69 Å². The van der Waals surface area contributed by atoms with Crippen LogP contribution in [0.25, 0.3) is 11.6 Å². The average Bonchev–Trinajstić information content (AvgIpc) is 3.20. The Morgan fingerprint density at radius 2 is 1.88 bits per heavy atom. The van der Waals surface area contributed by atoms with Crippen molar-refractivity contribution >= 4 is 42.5 Å². The van der Waals surface area contributed by atoms with Crippen molar-refractivity contribution in [3.05, 3.63) is 46.3 Å². The molecule has 3 aliphatic rings. The predicted octanol–water partition coefficient (Wildman–Crippen LogP) is 2.48. The Balaban J connectivity index is 1.41. The molecule has 1 fully saturated rings. The molecule has 1 aromatic carbocycles. The molecule has 4 heterocycles. The number of aromatic nitrogens is 1. The Morgan fingerprint density at radius 3 is 2.69 bits per heavy atom. The fraction of sp³-hybridized carbons (Fsp3) is 0.440. The maximum absolute atomic E-state index is 13.5. The Kier molecular flexibility index (Phi) is 5.68. The number of likely N-dealkylation sites (tertiary alicyclic amines) is 1. The third kappa shape index (κ3) is 3.90. The largest absolute Gasteiger partial charge is 0.358 e. The van der Waals surface area contributed by atoms with Crippen LogP contribution in [0.15, 0.2) is 18.2 Å². The molecule has 0 bridgehead atoms. The first kappa shape index (κ1) is 21.1. The number of carbonyl (C=O) groups is 2. The second-order valence-corrected chi connectivity index (χ2v) is 9.13. The van der Waals surface area contributed by atoms with Crippen molar-refractivity contribution < 1.29 is 9.59 Å². The van der Waals surface area contributed by atoms with E-state index >= 15 is 0 Å². The molecule has 0 saturated carbocycles. The lowest BCUT2D eigenvalue weighted by molar-refractivity contribution is -0.110. The van der Waals surface area contributed by atoms with Crippen LogP contribution in [0, 0.1) is 6.92 Å². The second-order valence-electron chi connectivity index (χ2n) is 9.13. The molecule has 0 spiro atoms. The maximum atomic E-state index is 13.5. The van der Waals surface area contributed by atoms with E-state index < -0.39 is 0 Å². The van der Waals surface area contributed by atoms with Crippen molar-refractivity contribution in [2.24, 2.45) is 0 Å². The molecule has 1 saturated heterocycles. The lowest BCUT2D eigenvalue weighted by Crippen LogP contribution is -2.40. The number of nitrogens with one attached hydrogen (secondary N) is 2. The molecular formula is C25H29BN4O2. The van der Waals surface area contributed by atoms with Gasteiger partial charge in [0, 0.05) is 42.3 Å². The van der Waals surface area contributed by atoms with Crippen LogP contribution in [0.1, 0.15) is 58.6 Å². The van der Waals surface area contributed by atoms with E-state index in [-0.39, 0.29) is 11.8 Å². The molecule has 2 amide bonds. The molecule has 0 unspecified atom stereocenters. The Labute approximate surface area is 190 Å². The van der Waals surface area contributed by atoms with E-state index in [9.17, 15) is 9.59 Å². The van der Waals surface area contributed by atoms with Crippen LogP contribution in [0.2, 0.25) is 0 Å². The van der Waals surface area contributed by atoms with Gasteiger partial charge in [0.2, 0.25) is 0 Å². The molecule has 164 valence electrons. The third-order valence-corrected chi connectivity index (χ3v) is 6.97. The SMILES string of the molecule is [B]c1ccc2c(c1)/C(=C/c1[nH]c3c(c1C)C(=O)N(CCN1CCCCC1)CCC3)C(=O)N2. The van der Waals surface area contributed by atoms with Crippen molar-refractivity contribution in [3.8, 4) is 0 Å². The number of rotatable bonds is 4. The quantitative estimate of drug-likeness (QED) is 0.581. The van der Waals surface area contributed by atoms with E-state index in [1.165, 1.54) is 19.3 Å². The molecular weight excluding hydrogens is 399 g/mol. The smallest absolute Gasteiger partial charge is 0.256 e. The number of H-pyrrole nitrogens is 1. The molecule has 0 aliphatic carbocycles. The number of piperidine rings is 1. The van der Waals surface area contributed by atoms with Gasteiger partial charge in [-0.2, -0.15) is 0 Å². The molecule has 6 nitrogen and oxygen atoms in total. The highest BCUT2D eigenvalue weighted by Crippen LogP contribution is 2.34. The van der Waals surface area contributed by atoms with Gasteiger partial charge in [-0.3, -0.25) is 9.59 Å². The zero-order chi connectivity index (χ0) is 22.2. The maximum Gasteiger partial charge on any atom is 0.256 e. The highest BCUT2D eigenvalue weighted by atomic mass is 16.2. The second kappa shape index (κ2) is 8.62. The molecule has 0 atom stereocenters. The van der Waals surface area contributed by atoms with Crippen molar-refractivity contribution in [3.63, 3.8) is 0 Å². The van der Waals surface area contributed by atoms with Crippen molar-refractivity contribution in [2.45, 2.75) is 39.0 Å². The van der Waals surface area contributed by atoms with Gasteiger partial charge in [0.05, 0.1) is 11.1 Å². The first-order valence-corrected chi connectivity index (χ1v) is 11.7. The zero-order valence-electron chi connectivity index (χ0n) is 18.7. The summed E-state index contributed by atoms with van der Waals surface area (Å²) < 4.78 is 0. The molecule has 7 heteroatoms. The predicted molar refractivity (Wildman–Crippen MR) is 128 cm³/mol. The van der Waals surface area contributed by atoms with E-state index in [2.05, 4.69) is 15.2 Å². The van der Waals surface area contributed by atoms with Gasteiger partial charge < -0.3 is 20.1 Å². The van der Waals surface area contributed by atoms with Crippen molar-refractivity contribution in [2.75, 3.05) is 38.0 Å². The number of anilines is 1. The van der Waals surface area contributed by atoms with Gasteiger partial charge in [-0.25, -0.2) is 0 Å². The molecule has 5 rings (SSSR count). The van der Waals surface area contributed by atoms with Gasteiger partial charge in [-0.15, -0.1) is 0 Å². The summed E-state index contributed by atoms with van der Waals surface area (Å²) in [6, 6.07) is 5.42. The molecule has 1 aromatic heterocycles. The summed E-state index contributed by atoms with van der Waals surface area (Å²) in [5.74, 6) is -0.0438. The van der Waals surface area contributed by atoms with E-state index in [0.717, 1.165) is 79.3 Å². The summed E-state index contributed by atoms with van der Waals surface area (Å²) in [5.41, 5.74) is 6.24. The molecule has 3 aliphatic heterocycles. The van der Waals surface area contributed by atoms with E-state index in [0.29, 0.717) is 11.0 Å². The van der Waals surface area contributed by atoms with Crippen LogP contribution < -0.4 is 10.8 Å². The van der Waals surface area contributed by atoms with Crippen LogP contribution in [0.5, 0.6) is 0 Å². The van der Waals surface area contributed by atoms with Crippen LogP contribution in [-0.4, -0.2) is 67.2 Å². The summed E-state index contributed by atoms with van der Waals surface area (Å²) in [7, 11) is 5.95. The fourth-order valence-corrected chi connectivity index (χ4v) is 5.16. The van der Waals surface area contributed by atoms with Crippen molar-refractivity contribution in [1.29, 1.82) is 0 Å². The fourth-order valence-electron chi connectivity index (χ4n) is 5.16. The minimum Gasteiger partial charge on any atom is -0.358 e. The summed E-state index contributed by atoms with van der Waals surface area (Å²) in [4.78, 5) is 34.0. The first-order valence-electron chi connectivity index (χ1n) is 11.7. The Bertz CT molecular complexity index is 1100. The van der Waals surface area contributed by atoms with Crippen LogP contribution >= 0.6 is 0 Å². The topological polar surface area (TPSA) is 68.4 Å². The number of aryl methyl sites for hydroxylation is 1. The Hall–Kier alpha value is -2.80. The van der Waals surface area contributed by atoms with E-state index in [1.54, 1.807) is 6.07 Å². The minimum atomic E-state index is -0.149. The average molecular weight is 428 g/mol. The number of amides is 2. The number of fused-ring (bicyclic) bond motifs is 2. The summed E-state index contributed by atoms with van der Waals surface area (Å²) >= 11 is 0. The highest BCUT2D eigenvalue weighted by Gasteiger charge is 2.29. The molecule has 2 radical (unpaired) electrons. The van der Waals surface area contributed by atoms with E-state index in [4.69, 9.17) is 7.85 Å². The first-order chi connectivity index (χ1) is 15.5. The lowest BCUT2D eigenvalue weighted by Gasteiger charge is -2.29. The van der Waals surface area contributed by atoms with Crippen LogP contribution in [0.3, 0.4) is 0 Å². The summed E-state index contributed by atoms with van der Waals surface area (Å²) in [6.45, 7) is 6.76. The third-order valence-electron chi connectivity index (χ3n) is 6.97. The van der Waals surface area contributed by atoms with Gasteiger partial charge in [0.15, 0.2) is 0 Å².